The maximum Gasteiger partial charge on any atom is 0.0725 e. The quantitative estimate of drug-likeness (QED) is 0.154. The van der Waals surface area contributed by atoms with Crippen molar-refractivity contribution >= 4 is 23.1 Å². The molecule has 1 atom stereocenters. The van der Waals surface area contributed by atoms with E-state index in [0.717, 1.165) is 22.6 Å². The highest BCUT2D eigenvalue weighted by Crippen LogP contribution is 2.64. The van der Waals surface area contributed by atoms with Crippen LogP contribution in [0, 0.1) is 0 Å². The second-order valence-electron chi connectivity index (χ2n) is 22.5. The Labute approximate surface area is 446 Å². The van der Waals surface area contributed by atoms with Crippen molar-refractivity contribution in [3.05, 3.63) is 299 Å². The summed E-state index contributed by atoms with van der Waals surface area (Å²) in [7, 11) is 0. The van der Waals surface area contributed by atoms with Crippen LogP contribution in [-0.4, -0.2) is 0 Å². The third kappa shape index (κ3) is 6.20. The number of anilines is 3. The lowest BCUT2D eigenvalue weighted by molar-refractivity contribution is 0.660. The molecule has 11 aromatic carbocycles. The van der Waals surface area contributed by atoms with Gasteiger partial charge in [-0.1, -0.05) is 222 Å². The van der Waals surface area contributed by atoms with E-state index in [4.69, 9.17) is 0 Å². The fourth-order valence-electron chi connectivity index (χ4n) is 14.1. The van der Waals surface area contributed by atoms with Gasteiger partial charge in [0.05, 0.1) is 5.41 Å². The molecule has 360 valence electrons. The second-order valence-corrected chi connectivity index (χ2v) is 22.5. The van der Waals surface area contributed by atoms with Gasteiger partial charge >= 0.3 is 0 Å². The predicted molar refractivity (Wildman–Crippen MR) is 319 cm³/mol. The predicted octanol–water partition coefficient (Wildman–Crippen LogP) is 19.8. The van der Waals surface area contributed by atoms with Crippen molar-refractivity contribution in [2.75, 3.05) is 4.90 Å². The summed E-state index contributed by atoms with van der Waals surface area (Å²) in [6, 6.07) is 91.7. The van der Waals surface area contributed by atoms with Gasteiger partial charge < -0.3 is 4.90 Å². The van der Waals surface area contributed by atoms with Crippen LogP contribution in [0.1, 0.15) is 77.8 Å². The molecule has 4 aliphatic rings. The molecule has 0 saturated heterocycles. The highest BCUT2D eigenvalue weighted by molar-refractivity contribution is 5.98. The number of nitrogens with zero attached hydrogens (tertiary/aromatic N) is 1. The van der Waals surface area contributed by atoms with Gasteiger partial charge in [0.1, 0.15) is 0 Å². The zero-order valence-electron chi connectivity index (χ0n) is 43.3. The summed E-state index contributed by atoms with van der Waals surface area (Å²) in [6.45, 7) is 13.6. The monoisotopic (exact) mass is 969 g/mol. The molecule has 0 N–H and O–H groups in total. The SMILES string of the molecule is C=Cc1cccc(-c2ccc3c(c2)C2(c4ccccc4-3)c3ccccc3-c3ccc(-c4ccc5c(c4)C(C)(C)c4ccc(N(c6ccc(-c7ccccc7)cc6)c6ccc7c(c6)C(C)(C)c6ccccc6-7)cc4-5)cc32)c1. The van der Waals surface area contributed by atoms with Crippen LogP contribution < -0.4 is 4.90 Å². The van der Waals surface area contributed by atoms with E-state index >= 15 is 0 Å². The van der Waals surface area contributed by atoms with E-state index in [1.165, 1.54) is 122 Å². The zero-order valence-corrected chi connectivity index (χ0v) is 43.3. The van der Waals surface area contributed by atoms with Crippen LogP contribution in [-0.2, 0) is 16.2 Å². The van der Waals surface area contributed by atoms with Crippen LogP contribution in [0.15, 0.2) is 249 Å². The van der Waals surface area contributed by atoms with Crippen molar-refractivity contribution in [1.29, 1.82) is 0 Å². The van der Waals surface area contributed by atoms with Gasteiger partial charge in [-0.3, -0.25) is 0 Å². The molecule has 15 rings (SSSR count). The van der Waals surface area contributed by atoms with Crippen molar-refractivity contribution in [1.82, 2.24) is 0 Å². The Balaban J connectivity index is 0.856. The van der Waals surface area contributed by atoms with Gasteiger partial charge in [0.15, 0.2) is 0 Å². The third-order valence-corrected chi connectivity index (χ3v) is 17.9. The molecule has 1 heteroatoms. The normalized spacial score (nSPS) is 15.9. The average Bonchev–Trinajstić information content (AvgIpc) is 4.31. The summed E-state index contributed by atoms with van der Waals surface area (Å²) < 4.78 is 0. The molecule has 1 spiro atoms. The van der Waals surface area contributed by atoms with Gasteiger partial charge in [-0.2, -0.15) is 0 Å². The number of hydrogen-bond acceptors (Lipinski definition) is 1. The first-order chi connectivity index (χ1) is 37.1. The Hall–Kier alpha value is -9.04. The molecule has 0 heterocycles. The Kier molecular flexibility index (Phi) is 9.49. The van der Waals surface area contributed by atoms with E-state index in [0.29, 0.717) is 0 Å². The molecule has 0 bridgehead atoms. The van der Waals surface area contributed by atoms with Gasteiger partial charge in [-0.25, -0.2) is 0 Å². The second kappa shape index (κ2) is 16.2. The molecule has 0 aromatic heterocycles. The molecule has 1 unspecified atom stereocenters. The van der Waals surface area contributed by atoms with E-state index in [-0.39, 0.29) is 10.8 Å². The Bertz CT molecular complexity index is 4230. The lowest BCUT2D eigenvalue weighted by Gasteiger charge is -2.31. The smallest absolute Gasteiger partial charge is 0.0725 e. The first-order valence-corrected chi connectivity index (χ1v) is 26.8. The maximum absolute atomic E-state index is 4.09. The van der Waals surface area contributed by atoms with Crippen molar-refractivity contribution in [2.45, 2.75) is 43.9 Å². The van der Waals surface area contributed by atoms with E-state index in [2.05, 4.69) is 282 Å². The lowest BCUT2D eigenvalue weighted by atomic mass is 9.70. The summed E-state index contributed by atoms with van der Waals surface area (Å²) in [6.07, 6.45) is 1.94. The first-order valence-electron chi connectivity index (χ1n) is 26.8. The lowest BCUT2D eigenvalue weighted by Crippen LogP contribution is -2.26. The molecule has 0 fully saturated rings. The van der Waals surface area contributed by atoms with Crippen LogP contribution in [0.4, 0.5) is 17.1 Å². The van der Waals surface area contributed by atoms with E-state index < -0.39 is 5.41 Å². The van der Waals surface area contributed by atoms with Gasteiger partial charge in [0.25, 0.3) is 0 Å². The molecule has 76 heavy (non-hydrogen) atoms. The first kappa shape index (κ1) is 44.4. The molecule has 0 saturated carbocycles. The Morgan fingerprint density at radius 3 is 1.29 bits per heavy atom. The summed E-state index contributed by atoms with van der Waals surface area (Å²) in [5, 5.41) is 0. The summed E-state index contributed by atoms with van der Waals surface area (Å²) in [5.41, 5.74) is 32.3. The fourth-order valence-corrected chi connectivity index (χ4v) is 14.1. The van der Waals surface area contributed by atoms with Gasteiger partial charge in [-0.05, 0) is 189 Å². The minimum atomic E-state index is -0.477. The van der Waals surface area contributed by atoms with E-state index in [1.54, 1.807) is 0 Å². The fraction of sp³-hybridized carbons (Fsp3) is 0.0933. The largest absolute Gasteiger partial charge is 0.310 e. The topological polar surface area (TPSA) is 3.24 Å². The summed E-state index contributed by atoms with van der Waals surface area (Å²) >= 11 is 0. The van der Waals surface area contributed by atoms with Crippen molar-refractivity contribution in [3.63, 3.8) is 0 Å². The third-order valence-electron chi connectivity index (χ3n) is 17.9. The van der Waals surface area contributed by atoms with Crippen molar-refractivity contribution in [2.24, 2.45) is 0 Å². The minimum absolute atomic E-state index is 0.124. The zero-order chi connectivity index (χ0) is 51.1. The van der Waals surface area contributed by atoms with Crippen molar-refractivity contribution in [3.8, 4) is 77.9 Å². The highest BCUT2D eigenvalue weighted by atomic mass is 15.1. The van der Waals surface area contributed by atoms with Crippen LogP contribution in [0.2, 0.25) is 0 Å². The molecule has 0 aliphatic heterocycles. The maximum atomic E-state index is 4.09. The minimum Gasteiger partial charge on any atom is -0.310 e. The van der Waals surface area contributed by atoms with Crippen LogP contribution >= 0.6 is 0 Å². The Morgan fingerprint density at radius 1 is 0.276 bits per heavy atom. The molecule has 1 nitrogen and oxygen atoms in total. The van der Waals surface area contributed by atoms with Gasteiger partial charge in [0, 0.05) is 27.9 Å². The number of rotatable bonds is 7. The van der Waals surface area contributed by atoms with Crippen LogP contribution in [0.5, 0.6) is 0 Å². The Morgan fingerprint density at radius 2 is 0.671 bits per heavy atom. The number of fused-ring (bicyclic) bond motifs is 16. The number of benzene rings is 11. The molecule has 0 radical (unpaired) electrons. The van der Waals surface area contributed by atoms with Crippen molar-refractivity contribution < 1.29 is 0 Å². The van der Waals surface area contributed by atoms with E-state index in [9.17, 15) is 0 Å². The number of hydrogen-bond donors (Lipinski definition) is 0. The molecule has 11 aromatic rings. The van der Waals surface area contributed by atoms with Gasteiger partial charge in [-0.15, -0.1) is 0 Å². The summed E-state index contributed by atoms with van der Waals surface area (Å²) in [5.74, 6) is 0. The van der Waals surface area contributed by atoms with E-state index in [1.807, 2.05) is 6.08 Å². The molecule has 4 aliphatic carbocycles. The molecule has 0 amide bonds. The highest BCUT2D eigenvalue weighted by Gasteiger charge is 2.52. The summed E-state index contributed by atoms with van der Waals surface area (Å²) in [4.78, 5) is 2.47. The standard InChI is InChI=1S/C75H55N/c1-6-47-17-16-20-50(41-47)52-29-36-61-58-22-11-14-25-67(58)75(71(61)43-52)68-26-15-12-23-59(68)62-37-30-53(44-72(62)75)51-31-38-63-64-45-55(35-40-66(64)74(4,5)69(63)42-51)76(54-32-27-49(28-33-54)48-18-8-7-9-19-48)56-34-39-60-57-21-10-13-24-65(57)73(2,3)70(60)46-56/h6-46H,1H2,2-5H3. The molecular formula is C75H55N. The van der Waals surface area contributed by atoms with Crippen LogP contribution in [0.3, 0.4) is 0 Å². The van der Waals surface area contributed by atoms with Gasteiger partial charge in [0.2, 0.25) is 0 Å². The van der Waals surface area contributed by atoms with Crippen LogP contribution in [0.25, 0.3) is 84.0 Å². The average molecular weight is 970 g/mol. The molecular weight excluding hydrogens is 915 g/mol.